The lowest BCUT2D eigenvalue weighted by Crippen LogP contribution is -2.38. The highest BCUT2D eigenvalue weighted by Crippen LogP contribution is 2.50. The van der Waals surface area contributed by atoms with E-state index in [-0.39, 0.29) is 33.7 Å². The van der Waals surface area contributed by atoms with Crippen LogP contribution in [0.1, 0.15) is 37.0 Å². The summed E-state index contributed by atoms with van der Waals surface area (Å²) in [6.45, 7) is 4.22. The molecule has 2 N–H and O–H groups in total. The van der Waals surface area contributed by atoms with E-state index >= 15 is 0 Å². The van der Waals surface area contributed by atoms with Crippen LogP contribution in [-0.4, -0.2) is 34.4 Å². The van der Waals surface area contributed by atoms with Crippen LogP contribution in [0.3, 0.4) is 0 Å². The summed E-state index contributed by atoms with van der Waals surface area (Å²) in [6, 6.07) is 3.02. The number of nitrogens with one attached hydrogen (secondary N) is 1. The van der Waals surface area contributed by atoms with Crippen molar-refractivity contribution < 1.29 is 18.7 Å². The third kappa shape index (κ3) is 3.95. The minimum atomic E-state index is -2.63. The smallest absolute Gasteiger partial charge is 0.290 e. The van der Waals surface area contributed by atoms with Crippen molar-refractivity contribution in [2.45, 2.75) is 43.6 Å². The summed E-state index contributed by atoms with van der Waals surface area (Å²) < 4.78 is 25.0. The Morgan fingerprint density at radius 1 is 1.50 bits per heavy atom. The van der Waals surface area contributed by atoms with Crippen LogP contribution in [0.5, 0.6) is 0 Å². The summed E-state index contributed by atoms with van der Waals surface area (Å²) >= 11 is 0.259. The Bertz CT molecular complexity index is 536. The van der Waals surface area contributed by atoms with Crippen molar-refractivity contribution >= 4 is 17.7 Å². The number of pyridine rings is 1. The number of aliphatic hydroxyl groups is 1. The lowest BCUT2D eigenvalue weighted by molar-refractivity contribution is 0.0490. The minimum absolute atomic E-state index is 0.0178. The van der Waals surface area contributed by atoms with E-state index in [1.807, 2.05) is 13.8 Å². The monoisotopic (exact) mass is 330 g/mol. The molecule has 0 radical (unpaired) electrons. The van der Waals surface area contributed by atoms with Crippen LogP contribution in [-0.2, 0) is 0 Å². The molecular weight excluding hydrogens is 310 g/mol. The normalized spacial score (nSPS) is 17.6. The first-order chi connectivity index (χ1) is 10.4. The lowest BCUT2D eigenvalue weighted by atomic mass is 9.90. The largest absolute Gasteiger partial charge is 0.392 e. The van der Waals surface area contributed by atoms with E-state index in [0.29, 0.717) is 6.54 Å². The standard InChI is InChI=1S/C15H20F2N2O2S/c1-9(2)11(20)15(5-6-15)8-19-12(21)10-4-3-7-18-13(10)22-14(16)17/h3-4,7,9,11,14,20H,5-6,8H2,1-2H3,(H,19,21). The molecule has 0 aliphatic heterocycles. The van der Waals surface area contributed by atoms with Gasteiger partial charge in [-0.05, 0) is 42.7 Å². The Morgan fingerprint density at radius 3 is 2.73 bits per heavy atom. The van der Waals surface area contributed by atoms with Crippen LogP contribution < -0.4 is 5.32 Å². The first-order valence-corrected chi connectivity index (χ1v) is 8.10. The predicted molar refractivity (Wildman–Crippen MR) is 80.9 cm³/mol. The Labute approximate surface area is 132 Å². The van der Waals surface area contributed by atoms with Crippen molar-refractivity contribution in [1.82, 2.24) is 10.3 Å². The Morgan fingerprint density at radius 2 is 2.18 bits per heavy atom. The summed E-state index contributed by atoms with van der Waals surface area (Å²) in [7, 11) is 0. The zero-order chi connectivity index (χ0) is 16.3. The topological polar surface area (TPSA) is 62.2 Å². The van der Waals surface area contributed by atoms with Gasteiger partial charge in [0.2, 0.25) is 0 Å². The van der Waals surface area contributed by atoms with Crippen molar-refractivity contribution in [2.24, 2.45) is 11.3 Å². The molecule has 0 bridgehead atoms. The van der Waals surface area contributed by atoms with Crippen molar-refractivity contribution in [2.75, 3.05) is 6.54 Å². The highest BCUT2D eigenvalue weighted by Gasteiger charge is 2.49. The number of amides is 1. The van der Waals surface area contributed by atoms with E-state index in [1.54, 1.807) is 6.07 Å². The van der Waals surface area contributed by atoms with Crippen LogP contribution in [0.4, 0.5) is 8.78 Å². The molecule has 2 rings (SSSR count). The number of carbonyl (C=O) groups is 1. The van der Waals surface area contributed by atoms with Crippen LogP contribution in [0.15, 0.2) is 23.4 Å². The van der Waals surface area contributed by atoms with E-state index < -0.39 is 17.8 Å². The fourth-order valence-electron chi connectivity index (χ4n) is 2.54. The quantitative estimate of drug-likeness (QED) is 0.755. The predicted octanol–water partition coefficient (Wildman–Crippen LogP) is 2.92. The Kier molecular flexibility index (Phi) is 5.39. The SMILES string of the molecule is CC(C)C(O)C1(CNC(=O)c2cccnc2SC(F)F)CC1. The highest BCUT2D eigenvalue weighted by atomic mass is 32.2. The molecule has 0 spiro atoms. The zero-order valence-electron chi connectivity index (χ0n) is 12.6. The molecule has 22 heavy (non-hydrogen) atoms. The summed E-state index contributed by atoms with van der Waals surface area (Å²) in [4.78, 5) is 16.1. The minimum Gasteiger partial charge on any atom is -0.392 e. The number of rotatable bonds is 7. The first-order valence-electron chi connectivity index (χ1n) is 7.22. The molecular formula is C15H20F2N2O2S. The summed E-state index contributed by atoms with van der Waals surface area (Å²) in [5, 5.41) is 13.0. The zero-order valence-corrected chi connectivity index (χ0v) is 13.4. The van der Waals surface area contributed by atoms with E-state index in [0.717, 1.165) is 12.8 Å². The van der Waals surface area contributed by atoms with Crippen molar-refractivity contribution in [3.05, 3.63) is 23.9 Å². The molecule has 1 fully saturated rings. The van der Waals surface area contributed by atoms with Crippen molar-refractivity contribution in [1.29, 1.82) is 0 Å². The maximum Gasteiger partial charge on any atom is 0.290 e. The van der Waals surface area contributed by atoms with Gasteiger partial charge in [-0.1, -0.05) is 13.8 Å². The molecule has 1 aliphatic carbocycles. The average Bonchev–Trinajstić information content (AvgIpc) is 3.25. The molecule has 1 heterocycles. The van der Waals surface area contributed by atoms with Crippen LogP contribution in [0.2, 0.25) is 0 Å². The average molecular weight is 330 g/mol. The van der Waals surface area contributed by atoms with Crippen LogP contribution in [0.25, 0.3) is 0 Å². The van der Waals surface area contributed by atoms with Gasteiger partial charge >= 0.3 is 0 Å². The van der Waals surface area contributed by atoms with Crippen LogP contribution >= 0.6 is 11.8 Å². The summed E-state index contributed by atoms with van der Waals surface area (Å²) in [5.41, 5.74) is -0.134. The fourth-order valence-corrected chi connectivity index (χ4v) is 3.12. The fraction of sp³-hybridized carbons (Fsp3) is 0.600. The van der Waals surface area contributed by atoms with Gasteiger partial charge in [0.15, 0.2) is 0 Å². The second kappa shape index (κ2) is 6.91. The van der Waals surface area contributed by atoms with Gasteiger partial charge in [-0.25, -0.2) is 4.98 Å². The van der Waals surface area contributed by atoms with Gasteiger partial charge in [0.1, 0.15) is 5.03 Å². The van der Waals surface area contributed by atoms with Gasteiger partial charge < -0.3 is 10.4 Å². The highest BCUT2D eigenvalue weighted by molar-refractivity contribution is 7.99. The van der Waals surface area contributed by atoms with Gasteiger partial charge in [0, 0.05) is 18.2 Å². The number of carbonyl (C=O) groups excluding carboxylic acids is 1. The van der Waals surface area contributed by atoms with Crippen molar-refractivity contribution in [3.63, 3.8) is 0 Å². The van der Waals surface area contributed by atoms with E-state index in [2.05, 4.69) is 10.3 Å². The number of alkyl halides is 2. The molecule has 1 aromatic heterocycles. The third-order valence-electron chi connectivity index (χ3n) is 3.97. The molecule has 1 aromatic rings. The Balaban J connectivity index is 2.02. The molecule has 1 amide bonds. The molecule has 0 saturated heterocycles. The number of halogens is 2. The lowest BCUT2D eigenvalue weighted by Gasteiger charge is -2.25. The van der Waals surface area contributed by atoms with Gasteiger partial charge in [0.05, 0.1) is 11.7 Å². The molecule has 1 unspecified atom stereocenters. The maximum atomic E-state index is 12.5. The van der Waals surface area contributed by atoms with Gasteiger partial charge in [-0.3, -0.25) is 4.79 Å². The molecule has 4 nitrogen and oxygen atoms in total. The Hall–Kier alpha value is -1.21. The number of aliphatic hydroxyl groups excluding tert-OH is 1. The van der Waals surface area contributed by atoms with E-state index in [1.165, 1.54) is 12.3 Å². The molecule has 0 aromatic carbocycles. The molecule has 1 saturated carbocycles. The number of hydrogen-bond acceptors (Lipinski definition) is 4. The number of nitrogens with zero attached hydrogens (tertiary/aromatic N) is 1. The number of hydrogen-bond donors (Lipinski definition) is 2. The van der Waals surface area contributed by atoms with Gasteiger partial charge in [-0.2, -0.15) is 8.78 Å². The van der Waals surface area contributed by atoms with E-state index in [4.69, 9.17) is 0 Å². The third-order valence-corrected chi connectivity index (χ3v) is 4.70. The molecule has 7 heteroatoms. The maximum absolute atomic E-state index is 12.5. The molecule has 1 aliphatic rings. The molecule has 1 atom stereocenters. The second-order valence-corrected chi connectivity index (χ2v) is 6.95. The van der Waals surface area contributed by atoms with Crippen LogP contribution in [0, 0.1) is 11.3 Å². The summed E-state index contributed by atoms with van der Waals surface area (Å²) in [5.74, 6) is -2.94. The summed E-state index contributed by atoms with van der Waals surface area (Å²) in [6.07, 6.45) is 2.62. The van der Waals surface area contributed by atoms with E-state index in [9.17, 15) is 18.7 Å². The van der Waals surface area contributed by atoms with Gasteiger partial charge in [-0.15, -0.1) is 0 Å². The van der Waals surface area contributed by atoms with Gasteiger partial charge in [0.25, 0.3) is 11.7 Å². The second-order valence-electron chi connectivity index (χ2n) is 5.97. The molecule has 122 valence electrons. The first kappa shape index (κ1) is 17.1. The number of thioether (sulfide) groups is 1. The van der Waals surface area contributed by atoms with Crippen molar-refractivity contribution in [3.8, 4) is 0 Å². The number of aromatic nitrogens is 1.